The SMILES string of the molecule is O=[N+]([O-])c1ccc(NCCOc2ccc3c(c2)CCC3)c2ccncc12. The van der Waals surface area contributed by atoms with Gasteiger partial charge in [-0.3, -0.25) is 15.1 Å². The zero-order valence-corrected chi connectivity index (χ0v) is 14.3. The van der Waals surface area contributed by atoms with E-state index in [0.717, 1.165) is 23.2 Å². The average Bonchev–Trinajstić information content (AvgIpc) is 3.12. The first-order valence-electron chi connectivity index (χ1n) is 8.72. The zero-order valence-electron chi connectivity index (χ0n) is 14.3. The number of fused-ring (bicyclic) bond motifs is 2. The van der Waals surface area contributed by atoms with Gasteiger partial charge in [0.1, 0.15) is 12.4 Å². The normalized spacial score (nSPS) is 12.8. The molecule has 0 aliphatic heterocycles. The first-order valence-corrected chi connectivity index (χ1v) is 8.72. The predicted octanol–water partition coefficient (Wildman–Crippen LogP) is 4.12. The molecule has 0 atom stereocenters. The van der Waals surface area contributed by atoms with E-state index >= 15 is 0 Å². The van der Waals surface area contributed by atoms with Crippen molar-refractivity contribution >= 4 is 22.1 Å². The fourth-order valence-corrected chi connectivity index (χ4v) is 3.48. The van der Waals surface area contributed by atoms with Crippen molar-refractivity contribution in [2.45, 2.75) is 19.3 Å². The van der Waals surface area contributed by atoms with E-state index in [0.29, 0.717) is 18.5 Å². The lowest BCUT2D eigenvalue weighted by Gasteiger charge is -2.12. The monoisotopic (exact) mass is 349 g/mol. The maximum Gasteiger partial charge on any atom is 0.278 e. The topological polar surface area (TPSA) is 77.3 Å². The van der Waals surface area contributed by atoms with Crippen LogP contribution in [-0.2, 0) is 12.8 Å². The largest absolute Gasteiger partial charge is 0.492 e. The highest BCUT2D eigenvalue weighted by Crippen LogP contribution is 2.30. The van der Waals surface area contributed by atoms with E-state index in [2.05, 4.69) is 22.4 Å². The molecular weight excluding hydrogens is 330 g/mol. The maximum absolute atomic E-state index is 11.2. The molecule has 6 heteroatoms. The first kappa shape index (κ1) is 16.3. The Morgan fingerprint density at radius 1 is 1.12 bits per heavy atom. The second kappa shape index (κ2) is 7.00. The van der Waals surface area contributed by atoms with E-state index in [1.165, 1.54) is 36.2 Å². The van der Waals surface area contributed by atoms with E-state index in [9.17, 15) is 10.1 Å². The fraction of sp³-hybridized carbons (Fsp3) is 0.250. The molecule has 1 aliphatic rings. The molecule has 1 N–H and O–H groups in total. The third-order valence-corrected chi connectivity index (χ3v) is 4.75. The number of aryl methyl sites for hydroxylation is 2. The minimum absolute atomic E-state index is 0.0630. The van der Waals surface area contributed by atoms with Crippen molar-refractivity contribution in [2.24, 2.45) is 0 Å². The van der Waals surface area contributed by atoms with Gasteiger partial charge in [0, 0.05) is 36.1 Å². The number of nitro benzene ring substituents is 1. The highest BCUT2D eigenvalue weighted by atomic mass is 16.6. The lowest BCUT2D eigenvalue weighted by Crippen LogP contribution is -2.12. The van der Waals surface area contributed by atoms with Gasteiger partial charge in [0.25, 0.3) is 5.69 Å². The molecule has 3 aromatic rings. The van der Waals surface area contributed by atoms with E-state index in [-0.39, 0.29) is 10.6 Å². The maximum atomic E-state index is 11.2. The van der Waals surface area contributed by atoms with Gasteiger partial charge >= 0.3 is 0 Å². The molecule has 1 heterocycles. The van der Waals surface area contributed by atoms with Gasteiger partial charge in [-0.25, -0.2) is 0 Å². The summed E-state index contributed by atoms with van der Waals surface area (Å²) in [5.41, 5.74) is 3.73. The van der Waals surface area contributed by atoms with Crippen LogP contribution in [0.3, 0.4) is 0 Å². The Morgan fingerprint density at radius 3 is 2.88 bits per heavy atom. The van der Waals surface area contributed by atoms with Gasteiger partial charge in [0.15, 0.2) is 0 Å². The summed E-state index contributed by atoms with van der Waals surface area (Å²) in [6.07, 6.45) is 6.69. The molecule has 0 fully saturated rings. The Labute approximate surface area is 151 Å². The van der Waals surface area contributed by atoms with Crippen molar-refractivity contribution < 1.29 is 9.66 Å². The summed E-state index contributed by atoms with van der Waals surface area (Å²) in [6.45, 7) is 1.12. The van der Waals surface area contributed by atoms with Crippen LogP contribution >= 0.6 is 0 Å². The summed E-state index contributed by atoms with van der Waals surface area (Å²) in [4.78, 5) is 14.8. The Kier molecular flexibility index (Phi) is 4.39. The van der Waals surface area contributed by atoms with Crippen LogP contribution in [0.15, 0.2) is 48.8 Å². The van der Waals surface area contributed by atoms with Gasteiger partial charge in [0.05, 0.1) is 10.3 Å². The van der Waals surface area contributed by atoms with Crippen LogP contribution in [0.5, 0.6) is 5.75 Å². The standard InChI is InChI=1S/C20H19N3O3/c24-23(25)20-7-6-19(17-8-9-21-13-18(17)20)22-10-11-26-16-5-4-14-2-1-3-15(14)12-16/h4-9,12-13,22H,1-3,10-11H2. The van der Waals surface area contributed by atoms with Crippen LogP contribution in [0.1, 0.15) is 17.5 Å². The lowest BCUT2D eigenvalue weighted by atomic mass is 10.1. The number of ether oxygens (including phenoxy) is 1. The quantitative estimate of drug-likeness (QED) is 0.411. The summed E-state index contributed by atoms with van der Waals surface area (Å²) >= 11 is 0. The Balaban J connectivity index is 1.42. The van der Waals surface area contributed by atoms with Crippen molar-refractivity contribution in [3.05, 3.63) is 70.0 Å². The van der Waals surface area contributed by atoms with Gasteiger partial charge in [-0.15, -0.1) is 0 Å². The number of pyridine rings is 1. The zero-order chi connectivity index (χ0) is 17.9. The Morgan fingerprint density at radius 2 is 2.00 bits per heavy atom. The average molecular weight is 349 g/mol. The molecule has 26 heavy (non-hydrogen) atoms. The van der Waals surface area contributed by atoms with Gasteiger partial charge in [-0.05, 0) is 54.7 Å². The fourth-order valence-electron chi connectivity index (χ4n) is 3.48. The number of non-ortho nitro benzene ring substituents is 1. The summed E-state index contributed by atoms with van der Waals surface area (Å²) in [5.74, 6) is 0.894. The third-order valence-electron chi connectivity index (χ3n) is 4.75. The number of anilines is 1. The molecule has 1 aliphatic carbocycles. The molecule has 0 saturated carbocycles. The van der Waals surface area contributed by atoms with Crippen LogP contribution in [0.25, 0.3) is 10.8 Å². The number of hydrogen-bond acceptors (Lipinski definition) is 5. The molecule has 0 spiro atoms. The molecule has 0 amide bonds. The number of hydrogen-bond donors (Lipinski definition) is 1. The molecule has 0 unspecified atom stereocenters. The van der Waals surface area contributed by atoms with Crippen LogP contribution < -0.4 is 10.1 Å². The molecule has 0 bridgehead atoms. The van der Waals surface area contributed by atoms with E-state index in [4.69, 9.17) is 4.74 Å². The van der Waals surface area contributed by atoms with Crippen LogP contribution in [0.4, 0.5) is 11.4 Å². The molecule has 4 rings (SSSR count). The Bertz CT molecular complexity index is 972. The number of rotatable bonds is 6. The molecule has 1 aromatic heterocycles. The molecular formula is C20H19N3O3. The minimum atomic E-state index is -0.384. The highest BCUT2D eigenvalue weighted by molar-refractivity contribution is 5.99. The van der Waals surface area contributed by atoms with E-state index in [1.807, 2.05) is 6.07 Å². The number of aromatic nitrogens is 1. The summed E-state index contributed by atoms with van der Waals surface area (Å²) < 4.78 is 5.84. The number of benzene rings is 2. The Hall–Kier alpha value is -3.15. The van der Waals surface area contributed by atoms with E-state index in [1.54, 1.807) is 18.3 Å². The number of nitrogens with one attached hydrogen (secondary N) is 1. The van der Waals surface area contributed by atoms with Crippen LogP contribution in [0.2, 0.25) is 0 Å². The summed E-state index contributed by atoms with van der Waals surface area (Å²) in [7, 11) is 0. The molecule has 0 radical (unpaired) electrons. The van der Waals surface area contributed by atoms with Crippen LogP contribution in [-0.4, -0.2) is 23.1 Å². The second-order valence-electron chi connectivity index (χ2n) is 6.37. The number of nitrogens with zero attached hydrogens (tertiary/aromatic N) is 2. The van der Waals surface area contributed by atoms with Crippen molar-refractivity contribution in [1.29, 1.82) is 0 Å². The lowest BCUT2D eigenvalue weighted by molar-refractivity contribution is -0.383. The van der Waals surface area contributed by atoms with Gasteiger partial charge in [0.2, 0.25) is 0 Å². The number of nitro groups is 1. The predicted molar refractivity (Wildman–Crippen MR) is 101 cm³/mol. The van der Waals surface area contributed by atoms with Crippen molar-refractivity contribution in [1.82, 2.24) is 4.98 Å². The molecule has 0 saturated heterocycles. The minimum Gasteiger partial charge on any atom is -0.492 e. The van der Waals surface area contributed by atoms with Crippen LogP contribution in [0, 0.1) is 10.1 Å². The first-order chi connectivity index (χ1) is 12.7. The molecule has 132 valence electrons. The third kappa shape index (κ3) is 3.18. The second-order valence-corrected chi connectivity index (χ2v) is 6.37. The van der Waals surface area contributed by atoms with Gasteiger partial charge in [-0.1, -0.05) is 6.07 Å². The molecule has 6 nitrogen and oxygen atoms in total. The summed E-state index contributed by atoms with van der Waals surface area (Å²) in [5, 5.41) is 15.8. The van der Waals surface area contributed by atoms with Crippen molar-refractivity contribution in [2.75, 3.05) is 18.5 Å². The van der Waals surface area contributed by atoms with E-state index < -0.39 is 0 Å². The highest BCUT2D eigenvalue weighted by Gasteiger charge is 2.14. The van der Waals surface area contributed by atoms with Gasteiger partial charge in [-0.2, -0.15) is 0 Å². The van der Waals surface area contributed by atoms with Gasteiger partial charge < -0.3 is 10.1 Å². The smallest absolute Gasteiger partial charge is 0.278 e. The summed E-state index contributed by atoms with van der Waals surface area (Å²) in [6, 6.07) is 11.3. The molecule has 2 aromatic carbocycles. The van der Waals surface area contributed by atoms with Crippen molar-refractivity contribution in [3.8, 4) is 5.75 Å². The van der Waals surface area contributed by atoms with Crippen molar-refractivity contribution in [3.63, 3.8) is 0 Å².